The van der Waals surface area contributed by atoms with Gasteiger partial charge in [0, 0.05) is 58.0 Å². The number of carbonyl (C=O) groups is 1. The first-order valence-electron chi connectivity index (χ1n) is 11.3. The van der Waals surface area contributed by atoms with Gasteiger partial charge < -0.3 is 10.2 Å². The predicted molar refractivity (Wildman–Crippen MR) is 133 cm³/mol. The molecule has 0 radical (unpaired) electrons. The number of benzene rings is 1. The van der Waals surface area contributed by atoms with Crippen molar-refractivity contribution in [2.75, 3.05) is 44.7 Å². The normalized spacial score (nSPS) is 21.0. The van der Waals surface area contributed by atoms with Gasteiger partial charge in [0.2, 0.25) is 0 Å². The van der Waals surface area contributed by atoms with Crippen molar-refractivity contribution in [3.63, 3.8) is 0 Å². The Morgan fingerprint density at radius 1 is 1.16 bits per heavy atom. The van der Waals surface area contributed by atoms with Crippen molar-refractivity contribution >= 4 is 34.9 Å². The van der Waals surface area contributed by atoms with Crippen LogP contribution in [0.15, 0.2) is 36.5 Å². The summed E-state index contributed by atoms with van der Waals surface area (Å²) in [4.78, 5) is 23.8. The molecule has 0 bridgehead atoms. The summed E-state index contributed by atoms with van der Waals surface area (Å²) in [5, 5.41) is 3.93. The average Bonchev–Trinajstić information content (AvgIpc) is 2.81. The summed E-state index contributed by atoms with van der Waals surface area (Å²) in [6.45, 7) is 8.35. The molecule has 1 amide bonds. The number of hydrogen-bond acceptors (Lipinski definition) is 5. The first kappa shape index (κ1) is 23.3. The number of aromatic nitrogens is 1. The van der Waals surface area contributed by atoms with E-state index in [4.69, 9.17) is 23.2 Å². The molecule has 1 aromatic carbocycles. The number of carbonyl (C=O) groups excluding carboxylic acids is 1. The molecule has 1 atom stereocenters. The van der Waals surface area contributed by atoms with Crippen molar-refractivity contribution in [1.82, 2.24) is 20.1 Å². The van der Waals surface area contributed by atoms with Crippen LogP contribution in [-0.4, -0.2) is 72.5 Å². The molecule has 2 saturated heterocycles. The highest BCUT2D eigenvalue weighted by atomic mass is 35.5. The SMILES string of the molecule is CNC(=O)c1cnc(N2CCN(C3CCN(Cc4ccc(Cl)cc4)CC3)CC2C)c(Cl)c1.[HH]. The largest absolute Gasteiger partial charge is 0.355 e. The van der Waals surface area contributed by atoms with Crippen molar-refractivity contribution < 1.29 is 6.22 Å². The zero-order valence-corrected chi connectivity index (χ0v) is 20.2. The highest BCUT2D eigenvalue weighted by molar-refractivity contribution is 6.33. The topological polar surface area (TPSA) is 51.7 Å². The molecular weight excluding hydrogens is 445 g/mol. The first-order chi connectivity index (χ1) is 15.4. The maximum absolute atomic E-state index is 11.8. The molecule has 174 valence electrons. The van der Waals surface area contributed by atoms with E-state index < -0.39 is 0 Å². The van der Waals surface area contributed by atoms with Crippen molar-refractivity contribution in [3.05, 3.63) is 57.7 Å². The molecular formula is C24H33Cl2N5O. The van der Waals surface area contributed by atoms with Gasteiger partial charge in [-0.25, -0.2) is 4.98 Å². The number of piperazine rings is 1. The molecule has 8 heteroatoms. The van der Waals surface area contributed by atoms with Crippen LogP contribution in [0.4, 0.5) is 5.82 Å². The molecule has 1 aromatic heterocycles. The van der Waals surface area contributed by atoms with Gasteiger partial charge in [-0.15, -0.1) is 0 Å². The van der Waals surface area contributed by atoms with E-state index >= 15 is 0 Å². The van der Waals surface area contributed by atoms with Gasteiger partial charge >= 0.3 is 0 Å². The molecule has 3 heterocycles. The minimum absolute atomic E-state index is 0. The molecule has 2 aliphatic heterocycles. The quantitative estimate of drug-likeness (QED) is 0.699. The number of anilines is 1. The van der Waals surface area contributed by atoms with E-state index in [0.717, 1.165) is 50.1 Å². The summed E-state index contributed by atoms with van der Waals surface area (Å²) >= 11 is 12.5. The van der Waals surface area contributed by atoms with Crippen molar-refractivity contribution in [3.8, 4) is 0 Å². The second kappa shape index (κ2) is 10.4. The fourth-order valence-electron chi connectivity index (χ4n) is 4.83. The lowest BCUT2D eigenvalue weighted by Crippen LogP contribution is -2.57. The van der Waals surface area contributed by atoms with Gasteiger partial charge in [0.05, 0.1) is 10.6 Å². The number of pyridine rings is 1. The third-order valence-corrected chi connectivity index (χ3v) is 7.17. The maximum Gasteiger partial charge on any atom is 0.252 e. The average molecular weight is 478 g/mol. The van der Waals surface area contributed by atoms with Gasteiger partial charge in [-0.2, -0.15) is 0 Å². The second-order valence-corrected chi connectivity index (χ2v) is 9.62. The van der Waals surface area contributed by atoms with E-state index in [9.17, 15) is 4.79 Å². The van der Waals surface area contributed by atoms with E-state index in [1.165, 1.54) is 18.4 Å². The smallest absolute Gasteiger partial charge is 0.252 e. The maximum atomic E-state index is 11.8. The Balaban J connectivity index is 0.00000306. The number of piperidine rings is 1. The molecule has 32 heavy (non-hydrogen) atoms. The Bertz CT molecular complexity index is 937. The Hall–Kier alpha value is -1.86. The van der Waals surface area contributed by atoms with Crippen LogP contribution in [0.2, 0.25) is 10.0 Å². The summed E-state index contributed by atoms with van der Waals surface area (Å²) in [5.41, 5.74) is 1.81. The number of likely N-dealkylation sites (tertiary alicyclic amines) is 1. The Morgan fingerprint density at radius 3 is 2.50 bits per heavy atom. The summed E-state index contributed by atoms with van der Waals surface area (Å²) < 4.78 is 0. The highest BCUT2D eigenvalue weighted by Crippen LogP contribution is 2.29. The van der Waals surface area contributed by atoms with Crippen LogP contribution in [0.3, 0.4) is 0 Å². The molecule has 0 saturated carbocycles. The molecule has 0 aliphatic carbocycles. The zero-order valence-electron chi connectivity index (χ0n) is 18.7. The summed E-state index contributed by atoms with van der Waals surface area (Å²) in [6, 6.07) is 10.8. The molecule has 4 rings (SSSR count). The molecule has 2 fully saturated rings. The standard InChI is InChI=1S/C24H31Cl2N5O.H2/c1-17-15-30(11-12-31(17)23-22(26)13-19(14-28-23)24(32)27-2)21-7-9-29(10-8-21)16-18-3-5-20(25)6-4-18;/h3-6,13-14,17,21H,7-12,15-16H2,1-2H3,(H,27,32);1H. The van der Waals surface area contributed by atoms with Crippen LogP contribution in [0.25, 0.3) is 0 Å². The van der Waals surface area contributed by atoms with Crippen LogP contribution in [0, 0.1) is 0 Å². The van der Waals surface area contributed by atoms with Gasteiger partial charge in [0.15, 0.2) is 0 Å². The molecule has 2 aromatic rings. The summed E-state index contributed by atoms with van der Waals surface area (Å²) in [5.74, 6) is 0.593. The number of amides is 1. The van der Waals surface area contributed by atoms with Crippen molar-refractivity contribution in [2.45, 2.75) is 38.4 Å². The van der Waals surface area contributed by atoms with Crippen LogP contribution >= 0.6 is 23.2 Å². The van der Waals surface area contributed by atoms with E-state index in [2.05, 4.69) is 44.1 Å². The lowest BCUT2D eigenvalue weighted by molar-refractivity contribution is 0.0904. The molecule has 1 unspecified atom stereocenters. The molecule has 1 N–H and O–H groups in total. The van der Waals surface area contributed by atoms with Gasteiger partial charge in [0.1, 0.15) is 5.82 Å². The number of nitrogens with zero attached hydrogens (tertiary/aromatic N) is 4. The van der Waals surface area contributed by atoms with Crippen LogP contribution in [0.5, 0.6) is 0 Å². The van der Waals surface area contributed by atoms with Crippen LogP contribution in [0.1, 0.15) is 37.1 Å². The lowest BCUT2D eigenvalue weighted by Gasteiger charge is -2.46. The van der Waals surface area contributed by atoms with Gasteiger partial charge in [-0.05, 0) is 56.6 Å². The van der Waals surface area contributed by atoms with Gasteiger partial charge in [0.25, 0.3) is 5.91 Å². The lowest BCUT2D eigenvalue weighted by atomic mass is 10.00. The number of rotatable bonds is 5. The van der Waals surface area contributed by atoms with Crippen molar-refractivity contribution in [2.24, 2.45) is 0 Å². The number of hydrogen-bond donors (Lipinski definition) is 1. The molecule has 0 spiro atoms. The predicted octanol–water partition coefficient (Wildman–Crippen LogP) is 4.17. The van der Waals surface area contributed by atoms with E-state index in [0.29, 0.717) is 22.7 Å². The second-order valence-electron chi connectivity index (χ2n) is 8.78. The van der Waals surface area contributed by atoms with E-state index in [-0.39, 0.29) is 7.33 Å². The van der Waals surface area contributed by atoms with E-state index in [1.54, 1.807) is 19.3 Å². The number of halogens is 2. The third kappa shape index (κ3) is 5.37. The van der Waals surface area contributed by atoms with Crippen LogP contribution in [-0.2, 0) is 6.54 Å². The minimum atomic E-state index is -0.175. The first-order valence-corrected chi connectivity index (χ1v) is 12.1. The fourth-order valence-corrected chi connectivity index (χ4v) is 5.23. The van der Waals surface area contributed by atoms with E-state index in [1.807, 2.05) is 12.1 Å². The minimum Gasteiger partial charge on any atom is -0.355 e. The van der Waals surface area contributed by atoms with Gasteiger partial charge in [-0.1, -0.05) is 35.3 Å². The monoisotopic (exact) mass is 477 g/mol. The highest BCUT2D eigenvalue weighted by Gasteiger charge is 2.32. The Kier molecular flexibility index (Phi) is 7.56. The Morgan fingerprint density at radius 2 is 1.88 bits per heavy atom. The summed E-state index contributed by atoms with van der Waals surface area (Å²) in [7, 11) is 1.60. The van der Waals surface area contributed by atoms with Crippen molar-refractivity contribution in [1.29, 1.82) is 0 Å². The van der Waals surface area contributed by atoms with Crippen LogP contribution < -0.4 is 10.2 Å². The summed E-state index contributed by atoms with van der Waals surface area (Å²) in [6.07, 6.45) is 4.00. The Labute approximate surface area is 202 Å². The number of nitrogens with one attached hydrogen (secondary N) is 1. The zero-order chi connectivity index (χ0) is 22.7. The molecule has 6 nitrogen and oxygen atoms in total. The molecule has 2 aliphatic rings. The van der Waals surface area contributed by atoms with Gasteiger partial charge in [-0.3, -0.25) is 14.6 Å². The fraction of sp³-hybridized carbons (Fsp3) is 0.500. The third-order valence-electron chi connectivity index (χ3n) is 6.63.